The van der Waals surface area contributed by atoms with Gasteiger partial charge in [0.15, 0.2) is 0 Å². The van der Waals surface area contributed by atoms with Crippen LogP contribution in [0.3, 0.4) is 0 Å². The van der Waals surface area contributed by atoms with E-state index >= 15 is 0 Å². The number of aryl methyl sites for hydroxylation is 1. The Balaban J connectivity index is 2.17. The lowest BCUT2D eigenvalue weighted by Crippen LogP contribution is -2.14. The van der Waals surface area contributed by atoms with Gasteiger partial charge in [-0.05, 0) is 43.3 Å². The SMILES string of the molecule is CCCNCc1cccc(F)c1Sc1n[nH]c(C)n1. The molecule has 0 unspecified atom stereocenters. The number of nitrogens with zero attached hydrogens (tertiary/aromatic N) is 2. The Kier molecular flexibility index (Phi) is 4.93. The molecule has 0 aliphatic carbocycles. The van der Waals surface area contributed by atoms with Crippen LogP contribution in [0.15, 0.2) is 28.3 Å². The van der Waals surface area contributed by atoms with Crippen LogP contribution >= 0.6 is 11.8 Å². The van der Waals surface area contributed by atoms with Gasteiger partial charge in [-0.1, -0.05) is 19.1 Å². The average Bonchev–Trinajstić information content (AvgIpc) is 2.79. The molecule has 0 radical (unpaired) electrons. The van der Waals surface area contributed by atoms with E-state index < -0.39 is 0 Å². The first-order chi connectivity index (χ1) is 9.20. The molecule has 0 atom stereocenters. The maximum absolute atomic E-state index is 13.9. The number of benzene rings is 1. The molecule has 0 saturated carbocycles. The first kappa shape index (κ1) is 14.0. The smallest absolute Gasteiger partial charge is 0.213 e. The zero-order valence-corrected chi connectivity index (χ0v) is 11.9. The summed E-state index contributed by atoms with van der Waals surface area (Å²) in [4.78, 5) is 4.78. The summed E-state index contributed by atoms with van der Waals surface area (Å²) in [6.45, 7) is 5.49. The van der Waals surface area contributed by atoms with Gasteiger partial charge in [-0.25, -0.2) is 9.37 Å². The topological polar surface area (TPSA) is 53.6 Å². The van der Waals surface area contributed by atoms with Crippen molar-refractivity contribution < 1.29 is 4.39 Å². The van der Waals surface area contributed by atoms with E-state index in [0.717, 1.165) is 24.4 Å². The lowest BCUT2D eigenvalue weighted by molar-refractivity contribution is 0.588. The third-order valence-corrected chi connectivity index (χ3v) is 3.59. The van der Waals surface area contributed by atoms with E-state index in [9.17, 15) is 4.39 Å². The van der Waals surface area contributed by atoms with Gasteiger partial charge in [0.1, 0.15) is 11.6 Å². The van der Waals surface area contributed by atoms with E-state index in [2.05, 4.69) is 27.4 Å². The molecule has 6 heteroatoms. The number of aromatic nitrogens is 3. The number of aromatic amines is 1. The molecule has 102 valence electrons. The standard InChI is InChI=1S/C13H17FN4S/c1-3-7-15-8-10-5-4-6-11(14)12(10)19-13-16-9(2)17-18-13/h4-6,15H,3,7-8H2,1-2H3,(H,16,17,18). The van der Waals surface area contributed by atoms with Gasteiger partial charge < -0.3 is 5.32 Å². The Morgan fingerprint density at radius 1 is 1.42 bits per heavy atom. The van der Waals surface area contributed by atoms with Gasteiger partial charge in [-0.3, -0.25) is 5.10 Å². The number of halogens is 1. The highest BCUT2D eigenvalue weighted by Crippen LogP contribution is 2.30. The number of rotatable bonds is 6. The molecule has 0 aliphatic rings. The van der Waals surface area contributed by atoms with Gasteiger partial charge in [0, 0.05) is 6.54 Å². The van der Waals surface area contributed by atoms with Crippen molar-refractivity contribution in [2.75, 3.05) is 6.54 Å². The van der Waals surface area contributed by atoms with Gasteiger partial charge in [0.25, 0.3) is 0 Å². The molecule has 0 spiro atoms. The minimum Gasteiger partial charge on any atom is -0.313 e. The Labute approximate surface area is 116 Å². The van der Waals surface area contributed by atoms with Crippen LogP contribution < -0.4 is 5.32 Å². The van der Waals surface area contributed by atoms with Crippen molar-refractivity contribution in [1.82, 2.24) is 20.5 Å². The Morgan fingerprint density at radius 3 is 2.95 bits per heavy atom. The molecule has 1 aromatic heterocycles. The van der Waals surface area contributed by atoms with E-state index in [1.54, 1.807) is 6.07 Å². The maximum Gasteiger partial charge on any atom is 0.213 e. The van der Waals surface area contributed by atoms with Gasteiger partial charge in [0.05, 0.1) is 4.90 Å². The Bertz CT molecular complexity index is 541. The minimum atomic E-state index is -0.233. The van der Waals surface area contributed by atoms with E-state index in [0.29, 0.717) is 16.6 Å². The van der Waals surface area contributed by atoms with Crippen molar-refractivity contribution in [3.8, 4) is 0 Å². The molecule has 4 nitrogen and oxygen atoms in total. The lowest BCUT2D eigenvalue weighted by atomic mass is 10.2. The van der Waals surface area contributed by atoms with Crippen LogP contribution in [-0.4, -0.2) is 21.7 Å². The van der Waals surface area contributed by atoms with Crippen molar-refractivity contribution in [1.29, 1.82) is 0 Å². The molecule has 1 aromatic carbocycles. The molecule has 2 rings (SSSR count). The zero-order chi connectivity index (χ0) is 13.7. The molecule has 2 aromatic rings. The summed E-state index contributed by atoms with van der Waals surface area (Å²) in [6.07, 6.45) is 1.05. The van der Waals surface area contributed by atoms with Gasteiger partial charge in [0.2, 0.25) is 5.16 Å². The molecule has 1 heterocycles. The number of H-pyrrole nitrogens is 1. The van der Waals surface area contributed by atoms with Crippen LogP contribution in [0.5, 0.6) is 0 Å². The predicted molar refractivity (Wildman–Crippen MR) is 73.6 cm³/mol. The summed E-state index contributed by atoms with van der Waals surface area (Å²) in [7, 11) is 0. The first-order valence-corrected chi connectivity index (χ1v) is 7.07. The fraction of sp³-hybridized carbons (Fsp3) is 0.385. The quantitative estimate of drug-likeness (QED) is 0.799. The third-order valence-electron chi connectivity index (χ3n) is 2.56. The fourth-order valence-electron chi connectivity index (χ4n) is 1.67. The van der Waals surface area contributed by atoms with Crippen molar-refractivity contribution in [2.24, 2.45) is 0 Å². The first-order valence-electron chi connectivity index (χ1n) is 6.25. The minimum absolute atomic E-state index is 0.233. The molecular formula is C13H17FN4S. The summed E-state index contributed by atoms with van der Waals surface area (Å²) in [5.41, 5.74) is 0.931. The number of hydrogen-bond acceptors (Lipinski definition) is 4. The Hall–Kier alpha value is -1.40. The largest absolute Gasteiger partial charge is 0.313 e. The van der Waals surface area contributed by atoms with Gasteiger partial charge >= 0.3 is 0 Å². The Morgan fingerprint density at radius 2 is 2.26 bits per heavy atom. The number of nitrogens with one attached hydrogen (secondary N) is 2. The molecule has 0 saturated heterocycles. The molecule has 0 amide bonds. The average molecular weight is 280 g/mol. The zero-order valence-electron chi connectivity index (χ0n) is 11.0. The molecular weight excluding hydrogens is 263 g/mol. The van der Waals surface area contributed by atoms with Crippen LogP contribution in [0.4, 0.5) is 4.39 Å². The van der Waals surface area contributed by atoms with Crippen molar-refractivity contribution in [2.45, 2.75) is 36.9 Å². The van der Waals surface area contributed by atoms with Crippen LogP contribution in [0.25, 0.3) is 0 Å². The van der Waals surface area contributed by atoms with E-state index in [1.807, 2.05) is 13.0 Å². The van der Waals surface area contributed by atoms with Crippen LogP contribution in [0, 0.1) is 12.7 Å². The highest BCUT2D eigenvalue weighted by Gasteiger charge is 2.12. The van der Waals surface area contributed by atoms with E-state index in [1.165, 1.54) is 17.8 Å². The number of hydrogen-bond donors (Lipinski definition) is 2. The second-order valence-electron chi connectivity index (χ2n) is 4.21. The second-order valence-corrected chi connectivity index (χ2v) is 5.19. The highest BCUT2D eigenvalue weighted by atomic mass is 32.2. The normalized spacial score (nSPS) is 10.9. The lowest BCUT2D eigenvalue weighted by Gasteiger charge is -2.09. The summed E-state index contributed by atoms with van der Waals surface area (Å²) >= 11 is 1.25. The van der Waals surface area contributed by atoms with Gasteiger partial charge in [-0.15, -0.1) is 5.10 Å². The van der Waals surface area contributed by atoms with Crippen LogP contribution in [0.1, 0.15) is 24.7 Å². The summed E-state index contributed by atoms with van der Waals surface area (Å²) in [6, 6.07) is 5.12. The fourth-order valence-corrected chi connectivity index (χ4v) is 2.56. The van der Waals surface area contributed by atoms with Crippen molar-refractivity contribution in [3.05, 3.63) is 35.4 Å². The monoisotopic (exact) mass is 280 g/mol. The van der Waals surface area contributed by atoms with Crippen LogP contribution in [0.2, 0.25) is 0 Å². The molecule has 2 N–H and O–H groups in total. The summed E-state index contributed by atoms with van der Waals surface area (Å²) in [5, 5.41) is 10.6. The van der Waals surface area contributed by atoms with Crippen molar-refractivity contribution in [3.63, 3.8) is 0 Å². The predicted octanol–water partition coefficient (Wildman–Crippen LogP) is 2.90. The highest BCUT2D eigenvalue weighted by molar-refractivity contribution is 7.99. The van der Waals surface area contributed by atoms with Gasteiger partial charge in [-0.2, -0.15) is 0 Å². The molecule has 0 bridgehead atoms. The second kappa shape index (κ2) is 6.68. The maximum atomic E-state index is 13.9. The third kappa shape index (κ3) is 3.78. The molecule has 0 aliphatic heterocycles. The summed E-state index contributed by atoms with van der Waals surface area (Å²) in [5.74, 6) is 0.493. The van der Waals surface area contributed by atoms with Crippen LogP contribution in [-0.2, 0) is 6.54 Å². The van der Waals surface area contributed by atoms with E-state index in [-0.39, 0.29) is 5.82 Å². The molecule has 19 heavy (non-hydrogen) atoms. The summed E-state index contributed by atoms with van der Waals surface area (Å²) < 4.78 is 13.9. The van der Waals surface area contributed by atoms with Crippen molar-refractivity contribution >= 4 is 11.8 Å². The van der Waals surface area contributed by atoms with E-state index in [4.69, 9.17) is 0 Å². The molecule has 0 fully saturated rings.